The SMILES string of the molecule is Cc1ccccc1N1CCCNC2(CCCCC2)C1. The number of hydrogen-bond acceptors (Lipinski definition) is 2. The molecular weight excluding hydrogens is 232 g/mol. The van der Waals surface area contributed by atoms with Gasteiger partial charge in [0.2, 0.25) is 0 Å². The molecular formula is C17H26N2. The van der Waals surface area contributed by atoms with Gasteiger partial charge in [-0.2, -0.15) is 0 Å². The van der Waals surface area contributed by atoms with Crippen molar-refractivity contribution >= 4 is 5.69 Å². The zero-order valence-corrected chi connectivity index (χ0v) is 12.1. The molecule has 1 saturated carbocycles. The number of rotatable bonds is 1. The van der Waals surface area contributed by atoms with Gasteiger partial charge in [-0.3, -0.25) is 0 Å². The van der Waals surface area contributed by atoms with E-state index in [2.05, 4.69) is 41.4 Å². The quantitative estimate of drug-likeness (QED) is 0.829. The van der Waals surface area contributed by atoms with Crippen LogP contribution >= 0.6 is 0 Å². The summed E-state index contributed by atoms with van der Waals surface area (Å²) in [6.07, 6.45) is 8.19. The fraction of sp³-hybridized carbons (Fsp3) is 0.647. The average Bonchev–Trinajstić information content (AvgIpc) is 2.63. The van der Waals surface area contributed by atoms with Gasteiger partial charge in [0.25, 0.3) is 0 Å². The first kappa shape index (κ1) is 13.0. The molecule has 0 bridgehead atoms. The third kappa shape index (κ3) is 2.79. The highest BCUT2D eigenvalue weighted by Crippen LogP contribution is 2.32. The number of anilines is 1. The highest BCUT2D eigenvalue weighted by Gasteiger charge is 2.35. The molecule has 1 N–H and O–H groups in total. The van der Waals surface area contributed by atoms with E-state index in [1.54, 1.807) is 0 Å². The molecule has 2 heteroatoms. The molecule has 2 fully saturated rings. The maximum absolute atomic E-state index is 3.87. The number of hydrogen-bond donors (Lipinski definition) is 1. The predicted octanol–water partition coefficient (Wildman–Crippen LogP) is 3.50. The number of aryl methyl sites for hydroxylation is 1. The molecule has 3 rings (SSSR count). The van der Waals surface area contributed by atoms with Crippen LogP contribution in [0.5, 0.6) is 0 Å². The van der Waals surface area contributed by atoms with Crippen LogP contribution in [0.4, 0.5) is 5.69 Å². The van der Waals surface area contributed by atoms with E-state index in [4.69, 9.17) is 0 Å². The normalized spacial score (nSPS) is 23.3. The lowest BCUT2D eigenvalue weighted by molar-refractivity contribution is 0.246. The van der Waals surface area contributed by atoms with Gasteiger partial charge in [-0.15, -0.1) is 0 Å². The minimum absolute atomic E-state index is 0.386. The second kappa shape index (κ2) is 5.54. The summed E-state index contributed by atoms with van der Waals surface area (Å²) >= 11 is 0. The van der Waals surface area contributed by atoms with Crippen LogP contribution in [-0.2, 0) is 0 Å². The monoisotopic (exact) mass is 258 g/mol. The summed E-state index contributed by atoms with van der Waals surface area (Å²) in [6.45, 7) is 5.81. The van der Waals surface area contributed by atoms with Gasteiger partial charge in [0.1, 0.15) is 0 Å². The highest BCUT2D eigenvalue weighted by atomic mass is 15.2. The van der Waals surface area contributed by atoms with Gasteiger partial charge in [0.05, 0.1) is 0 Å². The van der Waals surface area contributed by atoms with Crippen molar-refractivity contribution in [2.75, 3.05) is 24.5 Å². The zero-order valence-electron chi connectivity index (χ0n) is 12.1. The van der Waals surface area contributed by atoms with Gasteiger partial charge in [-0.1, -0.05) is 37.5 Å². The second-order valence-electron chi connectivity index (χ2n) is 6.33. The van der Waals surface area contributed by atoms with Crippen LogP contribution in [0.25, 0.3) is 0 Å². The van der Waals surface area contributed by atoms with Crippen molar-refractivity contribution in [2.45, 2.75) is 51.0 Å². The van der Waals surface area contributed by atoms with E-state index in [9.17, 15) is 0 Å². The smallest absolute Gasteiger partial charge is 0.0396 e. The number of para-hydroxylation sites is 1. The Hall–Kier alpha value is -1.02. The Morgan fingerprint density at radius 1 is 1.05 bits per heavy atom. The first-order chi connectivity index (χ1) is 9.29. The van der Waals surface area contributed by atoms with Gasteiger partial charge in [0, 0.05) is 24.3 Å². The summed E-state index contributed by atoms with van der Waals surface area (Å²) in [4.78, 5) is 2.63. The van der Waals surface area contributed by atoms with Gasteiger partial charge in [-0.05, 0) is 44.4 Å². The van der Waals surface area contributed by atoms with E-state index in [-0.39, 0.29) is 0 Å². The van der Waals surface area contributed by atoms with Crippen LogP contribution in [0.3, 0.4) is 0 Å². The summed E-state index contributed by atoms with van der Waals surface area (Å²) in [5.74, 6) is 0. The lowest BCUT2D eigenvalue weighted by Gasteiger charge is -2.41. The van der Waals surface area contributed by atoms with Crippen molar-refractivity contribution in [1.82, 2.24) is 5.32 Å². The van der Waals surface area contributed by atoms with Crippen molar-refractivity contribution in [3.8, 4) is 0 Å². The molecule has 1 aromatic rings. The van der Waals surface area contributed by atoms with Crippen LogP contribution in [0, 0.1) is 6.92 Å². The number of nitrogens with one attached hydrogen (secondary N) is 1. The summed E-state index contributed by atoms with van der Waals surface area (Å²) in [5, 5.41) is 3.87. The Morgan fingerprint density at radius 2 is 1.84 bits per heavy atom. The largest absolute Gasteiger partial charge is 0.369 e. The molecule has 0 radical (unpaired) electrons. The van der Waals surface area contributed by atoms with E-state index in [1.165, 1.54) is 69.4 Å². The lowest BCUT2D eigenvalue weighted by atomic mass is 9.81. The molecule has 1 aromatic carbocycles. The molecule has 1 heterocycles. The molecule has 0 atom stereocenters. The van der Waals surface area contributed by atoms with E-state index in [0.29, 0.717) is 5.54 Å². The Labute approximate surface area is 117 Å². The van der Waals surface area contributed by atoms with E-state index < -0.39 is 0 Å². The minimum Gasteiger partial charge on any atom is -0.369 e. The van der Waals surface area contributed by atoms with Crippen molar-refractivity contribution in [3.63, 3.8) is 0 Å². The fourth-order valence-corrected chi connectivity index (χ4v) is 3.81. The van der Waals surface area contributed by atoms with E-state index in [0.717, 1.165) is 0 Å². The van der Waals surface area contributed by atoms with E-state index >= 15 is 0 Å². The molecule has 0 unspecified atom stereocenters. The molecule has 19 heavy (non-hydrogen) atoms. The number of nitrogens with zero attached hydrogens (tertiary/aromatic N) is 1. The summed E-state index contributed by atoms with van der Waals surface area (Å²) in [6, 6.07) is 8.85. The molecule has 1 saturated heterocycles. The van der Waals surface area contributed by atoms with Crippen LogP contribution in [-0.4, -0.2) is 25.2 Å². The molecule has 0 aromatic heterocycles. The fourth-order valence-electron chi connectivity index (χ4n) is 3.81. The third-order valence-electron chi connectivity index (χ3n) is 4.87. The topological polar surface area (TPSA) is 15.3 Å². The first-order valence-electron chi connectivity index (χ1n) is 7.85. The average molecular weight is 258 g/mol. The van der Waals surface area contributed by atoms with Crippen molar-refractivity contribution < 1.29 is 0 Å². The van der Waals surface area contributed by atoms with Crippen molar-refractivity contribution in [1.29, 1.82) is 0 Å². The van der Waals surface area contributed by atoms with Crippen molar-refractivity contribution in [2.24, 2.45) is 0 Å². The van der Waals surface area contributed by atoms with Gasteiger partial charge < -0.3 is 10.2 Å². The second-order valence-corrected chi connectivity index (χ2v) is 6.33. The third-order valence-corrected chi connectivity index (χ3v) is 4.87. The summed E-state index contributed by atoms with van der Waals surface area (Å²) in [5.41, 5.74) is 3.24. The van der Waals surface area contributed by atoms with Crippen LogP contribution < -0.4 is 10.2 Å². The van der Waals surface area contributed by atoms with E-state index in [1.807, 2.05) is 0 Å². The molecule has 1 spiro atoms. The molecule has 1 aliphatic carbocycles. The standard InChI is InChI=1S/C17H26N2/c1-15-8-3-4-9-16(15)19-13-7-12-18-17(14-19)10-5-2-6-11-17/h3-4,8-9,18H,2,5-7,10-14H2,1H3. The molecule has 1 aliphatic heterocycles. The maximum Gasteiger partial charge on any atom is 0.0396 e. The number of benzene rings is 1. The lowest BCUT2D eigenvalue weighted by Crippen LogP contribution is -2.52. The molecule has 104 valence electrons. The highest BCUT2D eigenvalue weighted by molar-refractivity contribution is 5.53. The Morgan fingerprint density at radius 3 is 2.63 bits per heavy atom. The van der Waals surface area contributed by atoms with Crippen LogP contribution in [0.15, 0.2) is 24.3 Å². The van der Waals surface area contributed by atoms with Crippen LogP contribution in [0.1, 0.15) is 44.1 Å². The molecule has 2 aliphatic rings. The van der Waals surface area contributed by atoms with Gasteiger partial charge >= 0.3 is 0 Å². The maximum atomic E-state index is 3.87. The Balaban J connectivity index is 1.83. The minimum atomic E-state index is 0.386. The Bertz CT molecular complexity index is 421. The summed E-state index contributed by atoms with van der Waals surface area (Å²) in [7, 11) is 0. The first-order valence-corrected chi connectivity index (χ1v) is 7.85. The predicted molar refractivity (Wildman–Crippen MR) is 81.8 cm³/mol. The zero-order chi connectivity index (χ0) is 13.1. The summed E-state index contributed by atoms with van der Waals surface area (Å²) < 4.78 is 0. The van der Waals surface area contributed by atoms with Gasteiger partial charge in [-0.25, -0.2) is 0 Å². The van der Waals surface area contributed by atoms with Gasteiger partial charge in [0.15, 0.2) is 0 Å². The molecule has 0 amide bonds. The van der Waals surface area contributed by atoms with Crippen molar-refractivity contribution in [3.05, 3.63) is 29.8 Å². The van der Waals surface area contributed by atoms with Crippen LogP contribution in [0.2, 0.25) is 0 Å². The molecule has 2 nitrogen and oxygen atoms in total. The Kier molecular flexibility index (Phi) is 3.79.